The average molecular weight is 206 g/mol. The summed E-state index contributed by atoms with van der Waals surface area (Å²) in [5.41, 5.74) is 0. The van der Waals surface area contributed by atoms with Crippen LogP contribution in [0.5, 0.6) is 0 Å². The van der Waals surface area contributed by atoms with Gasteiger partial charge in [0, 0.05) is 19.3 Å². The van der Waals surface area contributed by atoms with Crippen LogP contribution in [-0.2, 0) is 0 Å². The molecule has 0 saturated carbocycles. The van der Waals surface area contributed by atoms with Gasteiger partial charge in [0.15, 0.2) is 0 Å². The monoisotopic (exact) mass is 206 g/mol. The molecule has 0 spiro atoms. The molecule has 0 bridgehead atoms. The Morgan fingerprint density at radius 2 is 2.53 bits per heavy atom. The summed E-state index contributed by atoms with van der Waals surface area (Å²) in [5.74, 6) is 1.64. The average Bonchev–Trinajstić information content (AvgIpc) is 2.76. The van der Waals surface area contributed by atoms with E-state index in [9.17, 15) is 0 Å². The zero-order valence-corrected chi connectivity index (χ0v) is 9.19. The minimum absolute atomic E-state index is 0.756. The molecule has 1 aliphatic rings. The molecular formula is C11H18N4. The van der Waals surface area contributed by atoms with Crippen LogP contribution in [0.4, 0.5) is 5.82 Å². The quantitative estimate of drug-likeness (QED) is 0.804. The maximum atomic E-state index is 4.00. The van der Waals surface area contributed by atoms with Gasteiger partial charge >= 0.3 is 0 Å². The van der Waals surface area contributed by atoms with Gasteiger partial charge in [-0.1, -0.05) is 6.92 Å². The molecule has 15 heavy (non-hydrogen) atoms. The van der Waals surface area contributed by atoms with Gasteiger partial charge in [0.1, 0.15) is 5.82 Å². The van der Waals surface area contributed by atoms with E-state index in [1.54, 1.807) is 6.20 Å². The van der Waals surface area contributed by atoms with Gasteiger partial charge in [-0.25, -0.2) is 0 Å². The van der Waals surface area contributed by atoms with Crippen LogP contribution in [0, 0.1) is 5.92 Å². The van der Waals surface area contributed by atoms with Crippen LogP contribution in [0.25, 0.3) is 0 Å². The molecule has 2 heterocycles. The van der Waals surface area contributed by atoms with Crippen LogP contribution in [0.3, 0.4) is 0 Å². The van der Waals surface area contributed by atoms with Crippen molar-refractivity contribution in [3.63, 3.8) is 0 Å². The van der Waals surface area contributed by atoms with E-state index >= 15 is 0 Å². The lowest BCUT2D eigenvalue weighted by Crippen LogP contribution is -2.22. The molecule has 4 nitrogen and oxygen atoms in total. The lowest BCUT2D eigenvalue weighted by atomic mass is 10.1. The van der Waals surface area contributed by atoms with E-state index in [0.29, 0.717) is 0 Å². The van der Waals surface area contributed by atoms with Gasteiger partial charge < -0.3 is 10.2 Å². The molecule has 1 fully saturated rings. The Bertz CT molecular complexity index is 288. The summed E-state index contributed by atoms with van der Waals surface area (Å²) in [6.07, 6.45) is 2.99. The SMILES string of the molecule is CCN1CCC(CNc2cccnn2)C1. The smallest absolute Gasteiger partial charge is 0.148 e. The highest BCUT2D eigenvalue weighted by molar-refractivity contribution is 5.31. The lowest BCUT2D eigenvalue weighted by Gasteiger charge is -2.13. The fourth-order valence-corrected chi connectivity index (χ4v) is 2.01. The zero-order valence-electron chi connectivity index (χ0n) is 9.19. The number of anilines is 1. The molecule has 1 atom stereocenters. The van der Waals surface area contributed by atoms with Crippen LogP contribution in [0.15, 0.2) is 18.3 Å². The van der Waals surface area contributed by atoms with Crippen molar-refractivity contribution in [2.24, 2.45) is 5.92 Å². The first-order chi connectivity index (χ1) is 7.38. The first kappa shape index (κ1) is 10.4. The summed E-state index contributed by atoms with van der Waals surface area (Å²) in [7, 11) is 0. The van der Waals surface area contributed by atoms with Crippen molar-refractivity contribution in [2.45, 2.75) is 13.3 Å². The topological polar surface area (TPSA) is 41.0 Å². The lowest BCUT2D eigenvalue weighted by molar-refractivity contribution is 0.345. The van der Waals surface area contributed by atoms with Gasteiger partial charge in [0.25, 0.3) is 0 Å². The molecule has 82 valence electrons. The summed E-state index contributed by atoms with van der Waals surface area (Å²) in [4.78, 5) is 2.49. The summed E-state index contributed by atoms with van der Waals surface area (Å²) < 4.78 is 0. The molecule has 0 amide bonds. The van der Waals surface area contributed by atoms with E-state index < -0.39 is 0 Å². The van der Waals surface area contributed by atoms with E-state index in [-0.39, 0.29) is 0 Å². The van der Waals surface area contributed by atoms with Gasteiger partial charge in [0.2, 0.25) is 0 Å². The number of hydrogen-bond acceptors (Lipinski definition) is 4. The Morgan fingerprint density at radius 1 is 1.60 bits per heavy atom. The molecule has 0 aromatic carbocycles. The van der Waals surface area contributed by atoms with E-state index in [2.05, 4.69) is 27.3 Å². The first-order valence-corrected chi connectivity index (χ1v) is 5.62. The third-order valence-corrected chi connectivity index (χ3v) is 2.96. The van der Waals surface area contributed by atoms with E-state index in [0.717, 1.165) is 18.3 Å². The number of nitrogens with zero attached hydrogens (tertiary/aromatic N) is 3. The van der Waals surface area contributed by atoms with Gasteiger partial charge in [-0.3, -0.25) is 0 Å². The maximum absolute atomic E-state index is 4.00. The largest absolute Gasteiger partial charge is 0.368 e. The molecule has 1 aliphatic heterocycles. The van der Waals surface area contributed by atoms with Crippen LogP contribution in [0.2, 0.25) is 0 Å². The van der Waals surface area contributed by atoms with Gasteiger partial charge in [-0.05, 0) is 37.6 Å². The molecular weight excluding hydrogens is 188 g/mol. The molecule has 1 aromatic rings. The minimum atomic E-state index is 0.756. The van der Waals surface area contributed by atoms with E-state index in [1.807, 2.05) is 12.1 Å². The Hall–Kier alpha value is -1.16. The van der Waals surface area contributed by atoms with Crippen molar-refractivity contribution in [3.8, 4) is 0 Å². The number of hydrogen-bond donors (Lipinski definition) is 1. The molecule has 0 radical (unpaired) electrons. The third kappa shape index (κ3) is 2.89. The maximum Gasteiger partial charge on any atom is 0.148 e. The second-order valence-corrected chi connectivity index (χ2v) is 4.04. The summed E-state index contributed by atoms with van der Waals surface area (Å²) in [6.45, 7) is 6.85. The highest BCUT2D eigenvalue weighted by Gasteiger charge is 2.20. The molecule has 4 heteroatoms. The summed E-state index contributed by atoms with van der Waals surface area (Å²) in [5, 5.41) is 11.2. The highest BCUT2D eigenvalue weighted by atomic mass is 15.2. The first-order valence-electron chi connectivity index (χ1n) is 5.62. The molecule has 1 aromatic heterocycles. The normalized spacial score (nSPS) is 21.8. The standard InChI is InChI=1S/C11H18N4/c1-2-15-7-5-10(9-15)8-12-11-4-3-6-13-14-11/h3-4,6,10H,2,5,7-9H2,1H3,(H,12,14). The zero-order chi connectivity index (χ0) is 10.5. The number of aromatic nitrogens is 2. The second kappa shape index (κ2) is 5.07. The molecule has 1 unspecified atom stereocenters. The minimum Gasteiger partial charge on any atom is -0.368 e. The highest BCUT2D eigenvalue weighted by Crippen LogP contribution is 2.15. The Kier molecular flexibility index (Phi) is 3.50. The van der Waals surface area contributed by atoms with E-state index in [4.69, 9.17) is 0 Å². The number of likely N-dealkylation sites (tertiary alicyclic amines) is 1. The van der Waals surface area contributed by atoms with Crippen molar-refractivity contribution >= 4 is 5.82 Å². The molecule has 1 N–H and O–H groups in total. The van der Waals surface area contributed by atoms with E-state index in [1.165, 1.54) is 26.1 Å². The summed E-state index contributed by atoms with van der Waals surface area (Å²) in [6, 6.07) is 3.86. The fourth-order valence-electron chi connectivity index (χ4n) is 2.01. The second-order valence-electron chi connectivity index (χ2n) is 4.04. The van der Waals surface area contributed by atoms with Gasteiger partial charge in [-0.15, -0.1) is 5.10 Å². The summed E-state index contributed by atoms with van der Waals surface area (Å²) >= 11 is 0. The molecule has 0 aliphatic carbocycles. The molecule has 2 rings (SSSR count). The Morgan fingerprint density at radius 3 is 3.20 bits per heavy atom. The van der Waals surface area contributed by atoms with Crippen molar-refractivity contribution in [3.05, 3.63) is 18.3 Å². The van der Waals surface area contributed by atoms with Crippen LogP contribution >= 0.6 is 0 Å². The Labute approximate surface area is 90.7 Å². The van der Waals surface area contributed by atoms with Crippen molar-refractivity contribution in [1.29, 1.82) is 0 Å². The molecule has 1 saturated heterocycles. The Balaban J connectivity index is 1.75. The van der Waals surface area contributed by atoms with Crippen LogP contribution < -0.4 is 5.32 Å². The van der Waals surface area contributed by atoms with Crippen LogP contribution in [-0.4, -0.2) is 41.3 Å². The van der Waals surface area contributed by atoms with Crippen molar-refractivity contribution < 1.29 is 0 Å². The van der Waals surface area contributed by atoms with Gasteiger partial charge in [-0.2, -0.15) is 5.10 Å². The van der Waals surface area contributed by atoms with Crippen molar-refractivity contribution in [1.82, 2.24) is 15.1 Å². The van der Waals surface area contributed by atoms with Crippen molar-refractivity contribution in [2.75, 3.05) is 31.5 Å². The predicted molar refractivity (Wildman–Crippen MR) is 60.7 cm³/mol. The number of nitrogens with one attached hydrogen (secondary N) is 1. The van der Waals surface area contributed by atoms with Crippen LogP contribution in [0.1, 0.15) is 13.3 Å². The fraction of sp³-hybridized carbons (Fsp3) is 0.636. The van der Waals surface area contributed by atoms with Gasteiger partial charge in [0.05, 0.1) is 0 Å². The third-order valence-electron chi connectivity index (χ3n) is 2.96. The number of rotatable bonds is 4. The predicted octanol–water partition coefficient (Wildman–Crippen LogP) is 1.23.